The van der Waals surface area contributed by atoms with E-state index in [-0.39, 0.29) is 0 Å². The molecular weight excluding hydrogens is 266 g/mol. The number of piperazine rings is 1. The van der Waals surface area contributed by atoms with Crippen molar-refractivity contribution in [3.05, 3.63) is 0 Å². The first-order valence-electron chi connectivity index (χ1n) is 8.55. The van der Waals surface area contributed by atoms with E-state index in [9.17, 15) is 9.90 Å². The van der Waals surface area contributed by atoms with E-state index in [0.717, 1.165) is 65.0 Å². The normalized spacial score (nSPS) is 23.9. The Morgan fingerprint density at radius 2 is 1.81 bits per heavy atom. The van der Waals surface area contributed by atoms with Crippen LogP contribution < -0.4 is 5.32 Å². The van der Waals surface area contributed by atoms with Gasteiger partial charge < -0.3 is 14.9 Å². The second kappa shape index (κ2) is 7.56. The van der Waals surface area contributed by atoms with E-state index in [2.05, 4.69) is 22.0 Å². The first-order valence-corrected chi connectivity index (χ1v) is 8.55. The summed E-state index contributed by atoms with van der Waals surface area (Å²) in [4.78, 5) is 16.6. The second-order valence-corrected chi connectivity index (χ2v) is 6.54. The molecule has 5 heteroatoms. The van der Waals surface area contributed by atoms with Crippen LogP contribution in [0.2, 0.25) is 0 Å². The van der Waals surface area contributed by atoms with Gasteiger partial charge in [0, 0.05) is 32.2 Å². The molecule has 2 rings (SSSR count). The van der Waals surface area contributed by atoms with Crippen LogP contribution in [0.1, 0.15) is 46.0 Å². The summed E-state index contributed by atoms with van der Waals surface area (Å²) in [6, 6.07) is 0.439. The van der Waals surface area contributed by atoms with Gasteiger partial charge in [0.15, 0.2) is 0 Å². The molecule has 1 saturated heterocycles. The maximum atomic E-state index is 11.7. The largest absolute Gasteiger partial charge is 0.480 e. The SMILES string of the molecule is CCN1CCN(CCCC(CC)(NC2CC2)C(=O)O)CC1. The highest BCUT2D eigenvalue weighted by Crippen LogP contribution is 2.27. The third-order valence-corrected chi connectivity index (χ3v) is 5.06. The van der Waals surface area contributed by atoms with Gasteiger partial charge in [0.2, 0.25) is 0 Å². The van der Waals surface area contributed by atoms with Crippen LogP contribution in [-0.2, 0) is 4.79 Å². The summed E-state index contributed by atoms with van der Waals surface area (Å²) < 4.78 is 0. The fourth-order valence-electron chi connectivity index (χ4n) is 3.22. The van der Waals surface area contributed by atoms with Crippen molar-refractivity contribution in [2.24, 2.45) is 0 Å². The molecule has 0 aromatic rings. The van der Waals surface area contributed by atoms with Crippen LogP contribution in [0.25, 0.3) is 0 Å². The zero-order valence-corrected chi connectivity index (χ0v) is 13.6. The zero-order chi connectivity index (χ0) is 15.3. The van der Waals surface area contributed by atoms with Crippen molar-refractivity contribution in [3.63, 3.8) is 0 Å². The van der Waals surface area contributed by atoms with Crippen molar-refractivity contribution in [2.75, 3.05) is 39.3 Å². The predicted octanol–water partition coefficient (Wildman–Crippen LogP) is 1.39. The molecule has 2 aliphatic rings. The summed E-state index contributed by atoms with van der Waals surface area (Å²) in [5, 5.41) is 13.0. The van der Waals surface area contributed by atoms with Crippen molar-refractivity contribution >= 4 is 5.97 Å². The van der Waals surface area contributed by atoms with E-state index in [0.29, 0.717) is 12.5 Å². The number of rotatable bonds is 9. The molecule has 1 atom stereocenters. The number of carboxylic acid groups (broad SMARTS) is 1. The summed E-state index contributed by atoms with van der Waals surface area (Å²) in [5.74, 6) is -0.673. The number of nitrogens with one attached hydrogen (secondary N) is 1. The van der Waals surface area contributed by atoms with E-state index < -0.39 is 11.5 Å². The molecule has 2 N–H and O–H groups in total. The van der Waals surface area contributed by atoms with Crippen LogP contribution in [0.5, 0.6) is 0 Å². The number of carboxylic acids is 1. The summed E-state index contributed by atoms with van der Waals surface area (Å²) in [6.07, 6.45) is 4.64. The lowest BCUT2D eigenvalue weighted by Crippen LogP contribution is -2.53. The van der Waals surface area contributed by atoms with Gasteiger partial charge in [0.05, 0.1) is 0 Å². The highest BCUT2D eigenvalue weighted by molar-refractivity contribution is 5.78. The average molecular weight is 297 g/mol. The van der Waals surface area contributed by atoms with Gasteiger partial charge in [0.1, 0.15) is 5.54 Å². The van der Waals surface area contributed by atoms with Crippen LogP contribution in [0.4, 0.5) is 0 Å². The van der Waals surface area contributed by atoms with Crippen molar-refractivity contribution in [3.8, 4) is 0 Å². The molecule has 1 aliphatic carbocycles. The Hall–Kier alpha value is -0.650. The molecular formula is C16H31N3O2. The number of carbonyl (C=O) groups is 1. The summed E-state index contributed by atoms with van der Waals surface area (Å²) in [7, 11) is 0. The summed E-state index contributed by atoms with van der Waals surface area (Å²) in [5.41, 5.74) is -0.702. The van der Waals surface area contributed by atoms with Gasteiger partial charge in [-0.1, -0.05) is 13.8 Å². The molecule has 0 amide bonds. The standard InChI is InChI=1S/C16H31N3O2/c1-3-16(15(20)21,17-14-6-7-14)8-5-9-19-12-10-18(4-2)11-13-19/h14,17H,3-13H2,1-2H3,(H,20,21). The van der Waals surface area contributed by atoms with Crippen molar-refractivity contribution in [1.82, 2.24) is 15.1 Å². The molecule has 0 spiro atoms. The Morgan fingerprint density at radius 3 is 2.29 bits per heavy atom. The Kier molecular flexibility index (Phi) is 6.02. The predicted molar refractivity (Wildman–Crippen MR) is 84.6 cm³/mol. The van der Waals surface area contributed by atoms with Gasteiger partial charge in [-0.2, -0.15) is 0 Å². The molecule has 1 aliphatic heterocycles. The van der Waals surface area contributed by atoms with Crippen molar-refractivity contribution < 1.29 is 9.90 Å². The summed E-state index contributed by atoms with van der Waals surface area (Å²) in [6.45, 7) is 10.9. The molecule has 0 aromatic heterocycles. The average Bonchev–Trinajstić information content (AvgIpc) is 3.30. The van der Waals surface area contributed by atoms with Crippen LogP contribution in [0.15, 0.2) is 0 Å². The molecule has 21 heavy (non-hydrogen) atoms. The van der Waals surface area contributed by atoms with Gasteiger partial charge in [-0.05, 0) is 45.2 Å². The second-order valence-electron chi connectivity index (χ2n) is 6.54. The quantitative estimate of drug-likeness (QED) is 0.673. The monoisotopic (exact) mass is 297 g/mol. The van der Waals surface area contributed by atoms with E-state index in [4.69, 9.17) is 0 Å². The number of hydrogen-bond acceptors (Lipinski definition) is 4. The Bertz CT molecular complexity index is 338. The third-order valence-electron chi connectivity index (χ3n) is 5.06. The molecule has 1 saturated carbocycles. The van der Waals surface area contributed by atoms with Crippen molar-refractivity contribution in [1.29, 1.82) is 0 Å². The minimum absolute atomic E-state index is 0.439. The maximum absolute atomic E-state index is 11.7. The van der Waals surface area contributed by atoms with E-state index in [1.807, 2.05) is 6.92 Å². The fraction of sp³-hybridized carbons (Fsp3) is 0.938. The van der Waals surface area contributed by atoms with Gasteiger partial charge >= 0.3 is 5.97 Å². The highest BCUT2D eigenvalue weighted by Gasteiger charge is 2.40. The van der Waals surface area contributed by atoms with E-state index in [1.54, 1.807) is 0 Å². The Morgan fingerprint density at radius 1 is 1.19 bits per heavy atom. The lowest BCUT2D eigenvalue weighted by atomic mass is 9.90. The lowest BCUT2D eigenvalue weighted by Gasteiger charge is -2.35. The van der Waals surface area contributed by atoms with Gasteiger partial charge in [0.25, 0.3) is 0 Å². The molecule has 122 valence electrons. The van der Waals surface area contributed by atoms with Crippen LogP contribution in [0.3, 0.4) is 0 Å². The minimum Gasteiger partial charge on any atom is -0.480 e. The number of aliphatic carboxylic acids is 1. The number of likely N-dealkylation sites (N-methyl/N-ethyl adjacent to an activating group) is 1. The molecule has 0 aromatic carbocycles. The number of hydrogen-bond donors (Lipinski definition) is 2. The smallest absolute Gasteiger partial charge is 0.323 e. The molecule has 5 nitrogen and oxygen atoms in total. The third kappa shape index (κ3) is 4.66. The molecule has 2 fully saturated rings. The lowest BCUT2D eigenvalue weighted by molar-refractivity contribution is -0.145. The molecule has 1 unspecified atom stereocenters. The Balaban J connectivity index is 1.75. The Labute approximate surface area is 128 Å². The maximum Gasteiger partial charge on any atom is 0.323 e. The summed E-state index contributed by atoms with van der Waals surface area (Å²) >= 11 is 0. The molecule has 0 radical (unpaired) electrons. The first kappa shape index (κ1) is 16.7. The van der Waals surface area contributed by atoms with E-state index in [1.165, 1.54) is 0 Å². The van der Waals surface area contributed by atoms with Crippen LogP contribution in [-0.4, -0.2) is 71.7 Å². The van der Waals surface area contributed by atoms with Gasteiger partial charge in [-0.3, -0.25) is 10.1 Å². The van der Waals surface area contributed by atoms with Crippen LogP contribution >= 0.6 is 0 Å². The zero-order valence-electron chi connectivity index (χ0n) is 13.6. The topological polar surface area (TPSA) is 55.8 Å². The fourth-order valence-corrected chi connectivity index (χ4v) is 3.22. The number of nitrogens with zero attached hydrogens (tertiary/aromatic N) is 2. The molecule has 1 heterocycles. The van der Waals surface area contributed by atoms with Gasteiger partial charge in [-0.15, -0.1) is 0 Å². The first-order chi connectivity index (χ1) is 10.1. The molecule has 0 bridgehead atoms. The van der Waals surface area contributed by atoms with E-state index >= 15 is 0 Å². The van der Waals surface area contributed by atoms with Gasteiger partial charge in [-0.25, -0.2) is 0 Å². The minimum atomic E-state index is -0.702. The van der Waals surface area contributed by atoms with Crippen molar-refractivity contribution in [2.45, 2.75) is 57.5 Å². The highest BCUT2D eigenvalue weighted by atomic mass is 16.4. The van der Waals surface area contributed by atoms with Crippen LogP contribution in [0, 0.1) is 0 Å².